The minimum atomic E-state index is -0.654. The van der Waals surface area contributed by atoms with Gasteiger partial charge < -0.3 is 15.2 Å². The lowest BCUT2D eigenvalue weighted by Crippen LogP contribution is -2.39. The van der Waals surface area contributed by atoms with E-state index in [-0.39, 0.29) is 5.97 Å². The number of hydrogen-bond donors (Lipinski definition) is 2. The van der Waals surface area contributed by atoms with Gasteiger partial charge in [0.25, 0.3) is 0 Å². The maximum atomic E-state index is 11.4. The van der Waals surface area contributed by atoms with E-state index in [1.54, 1.807) is 12.1 Å². The summed E-state index contributed by atoms with van der Waals surface area (Å²) in [6, 6.07) is 5.36. The zero-order valence-electron chi connectivity index (χ0n) is 12.2. The molecule has 0 fully saturated rings. The Morgan fingerprint density at radius 1 is 1.40 bits per heavy atom. The fraction of sp³-hybridized carbons (Fsp3) is 0.533. The number of nitrogens with one attached hydrogen (secondary N) is 1. The van der Waals surface area contributed by atoms with Gasteiger partial charge in [-0.15, -0.1) is 0 Å². The van der Waals surface area contributed by atoms with Crippen molar-refractivity contribution in [3.8, 4) is 0 Å². The minimum absolute atomic E-state index is 0.350. The number of aliphatic hydroxyl groups is 1. The molecule has 1 rings (SSSR count). The highest BCUT2D eigenvalue weighted by molar-refractivity contribution is 9.10. The van der Waals surface area contributed by atoms with Crippen LogP contribution in [-0.4, -0.2) is 30.3 Å². The molecule has 0 atom stereocenters. The maximum absolute atomic E-state index is 11.4. The third-order valence-corrected chi connectivity index (χ3v) is 4.30. The molecular formula is C15H22BrNO3. The van der Waals surface area contributed by atoms with Gasteiger partial charge in [0.1, 0.15) is 0 Å². The van der Waals surface area contributed by atoms with Crippen LogP contribution in [0.5, 0.6) is 0 Å². The van der Waals surface area contributed by atoms with Crippen molar-refractivity contribution >= 4 is 21.9 Å². The second kappa shape index (κ2) is 7.76. The van der Waals surface area contributed by atoms with Gasteiger partial charge in [0.2, 0.25) is 0 Å². The van der Waals surface area contributed by atoms with Crippen LogP contribution >= 0.6 is 15.9 Å². The average Bonchev–Trinajstić information content (AvgIpc) is 2.47. The Hall–Kier alpha value is -0.910. The first-order chi connectivity index (χ1) is 9.45. The summed E-state index contributed by atoms with van der Waals surface area (Å²) >= 11 is 3.45. The van der Waals surface area contributed by atoms with Gasteiger partial charge in [-0.3, -0.25) is 0 Å². The normalized spacial score (nSPS) is 11.4. The molecule has 0 saturated carbocycles. The number of benzene rings is 1. The first-order valence-corrected chi connectivity index (χ1v) is 7.55. The smallest absolute Gasteiger partial charge is 0.337 e. The highest BCUT2D eigenvalue weighted by Gasteiger charge is 2.21. The summed E-state index contributed by atoms with van der Waals surface area (Å²) in [5, 5.41) is 13.4. The molecule has 20 heavy (non-hydrogen) atoms. The van der Waals surface area contributed by atoms with Crippen LogP contribution in [0.4, 0.5) is 0 Å². The molecule has 0 radical (unpaired) electrons. The number of halogens is 1. The fourth-order valence-corrected chi connectivity index (χ4v) is 2.38. The summed E-state index contributed by atoms with van der Waals surface area (Å²) in [5.74, 6) is -0.350. The molecule has 112 valence electrons. The van der Waals surface area contributed by atoms with Crippen molar-refractivity contribution in [3.05, 3.63) is 33.8 Å². The number of methoxy groups -OCH3 is 1. The summed E-state index contributed by atoms with van der Waals surface area (Å²) in [4.78, 5) is 11.4. The molecule has 2 N–H and O–H groups in total. The largest absolute Gasteiger partial charge is 0.465 e. The van der Waals surface area contributed by atoms with Crippen molar-refractivity contribution in [2.45, 2.75) is 38.8 Å². The lowest BCUT2D eigenvalue weighted by molar-refractivity contribution is 0.0323. The number of carbonyl (C=O) groups is 1. The molecule has 0 saturated heterocycles. The third-order valence-electron chi connectivity index (χ3n) is 3.56. The van der Waals surface area contributed by atoms with E-state index in [4.69, 9.17) is 0 Å². The number of rotatable bonds is 7. The summed E-state index contributed by atoms with van der Waals surface area (Å²) < 4.78 is 5.53. The van der Waals surface area contributed by atoms with Gasteiger partial charge in [-0.25, -0.2) is 4.79 Å². The van der Waals surface area contributed by atoms with E-state index in [9.17, 15) is 9.90 Å². The van der Waals surface area contributed by atoms with Crippen molar-refractivity contribution < 1.29 is 14.6 Å². The van der Waals surface area contributed by atoms with Crippen LogP contribution in [0, 0.1) is 0 Å². The number of carbonyl (C=O) groups excluding carboxylic acids is 1. The lowest BCUT2D eigenvalue weighted by atomic mass is 9.97. The zero-order chi connectivity index (χ0) is 15.2. The Morgan fingerprint density at radius 2 is 2.05 bits per heavy atom. The maximum Gasteiger partial charge on any atom is 0.337 e. The highest BCUT2D eigenvalue weighted by atomic mass is 79.9. The van der Waals surface area contributed by atoms with Crippen LogP contribution in [0.25, 0.3) is 0 Å². The molecule has 5 heteroatoms. The lowest BCUT2D eigenvalue weighted by Gasteiger charge is -2.25. The van der Waals surface area contributed by atoms with Crippen LogP contribution in [0.2, 0.25) is 0 Å². The Kier molecular flexibility index (Phi) is 6.65. The molecule has 0 aliphatic rings. The second-order valence-electron chi connectivity index (χ2n) is 4.83. The highest BCUT2D eigenvalue weighted by Crippen LogP contribution is 2.20. The summed E-state index contributed by atoms with van der Waals surface area (Å²) in [6.07, 6.45) is 1.44. The first-order valence-electron chi connectivity index (χ1n) is 6.75. The number of ether oxygens (including phenoxy) is 1. The molecule has 1 aromatic rings. The molecule has 4 nitrogen and oxygen atoms in total. The standard InChI is InChI=1S/C15H22BrNO3/c1-4-15(19,5-2)10-17-9-12-7-6-11(8-13(12)16)14(18)20-3/h6-8,17,19H,4-5,9-10H2,1-3H3. The van der Waals surface area contributed by atoms with E-state index in [1.165, 1.54) is 7.11 Å². The van der Waals surface area contributed by atoms with Crippen LogP contribution in [-0.2, 0) is 11.3 Å². The monoisotopic (exact) mass is 343 g/mol. The molecule has 0 aromatic heterocycles. The summed E-state index contributed by atoms with van der Waals surface area (Å²) in [6.45, 7) is 5.13. The molecule has 0 heterocycles. The zero-order valence-corrected chi connectivity index (χ0v) is 13.8. The van der Waals surface area contributed by atoms with E-state index in [1.807, 2.05) is 19.9 Å². The van der Waals surface area contributed by atoms with Gasteiger partial charge in [-0.2, -0.15) is 0 Å². The van der Waals surface area contributed by atoms with E-state index in [2.05, 4.69) is 26.0 Å². The van der Waals surface area contributed by atoms with Crippen LogP contribution in [0.1, 0.15) is 42.6 Å². The van der Waals surface area contributed by atoms with Crippen molar-refractivity contribution in [2.24, 2.45) is 0 Å². The van der Waals surface area contributed by atoms with Crippen LogP contribution < -0.4 is 5.32 Å². The fourth-order valence-electron chi connectivity index (χ4n) is 1.87. The van der Waals surface area contributed by atoms with E-state index in [0.717, 1.165) is 22.9 Å². The van der Waals surface area contributed by atoms with Crippen molar-refractivity contribution in [2.75, 3.05) is 13.7 Å². The number of esters is 1. The Bertz CT molecular complexity index is 458. The molecule has 0 unspecified atom stereocenters. The molecule has 0 aliphatic heterocycles. The van der Waals surface area contributed by atoms with Gasteiger partial charge in [0.15, 0.2) is 0 Å². The molecule has 0 amide bonds. The molecule has 0 bridgehead atoms. The number of hydrogen-bond acceptors (Lipinski definition) is 4. The topological polar surface area (TPSA) is 58.6 Å². The van der Waals surface area contributed by atoms with Gasteiger partial charge in [-0.05, 0) is 30.5 Å². The van der Waals surface area contributed by atoms with Gasteiger partial charge >= 0.3 is 5.97 Å². The average molecular weight is 344 g/mol. The SMILES string of the molecule is CCC(O)(CC)CNCc1ccc(C(=O)OC)cc1Br. The summed E-state index contributed by atoms with van der Waals surface area (Å²) in [5.41, 5.74) is 0.896. The van der Waals surface area contributed by atoms with Crippen molar-refractivity contribution in [1.82, 2.24) is 5.32 Å². The third kappa shape index (κ3) is 4.58. The van der Waals surface area contributed by atoms with Crippen LogP contribution in [0.3, 0.4) is 0 Å². The predicted molar refractivity (Wildman–Crippen MR) is 82.7 cm³/mol. The summed E-state index contributed by atoms with van der Waals surface area (Å²) in [7, 11) is 1.36. The molecule has 0 aliphatic carbocycles. The Balaban J connectivity index is 2.63. The van der Waals surface area contributed by atoms with E-state index < -0.39 is 5.60 Å². The molecule has 1 aromatic carbocycles. The molecular weight excluding hydrogens is 322 g/mol. The van der Waals surface area contributed by atoms with Gasteiger partial charge in [-0.1, -0.05) is 35.8 Å². The first kappa shape index (κ1) is 17.1. The van der Waals surface area contributed by atoms with E-state index in [0.29, 0.717) is 18.7 Å². The van der Waals surface area contributed by atoms with E-state index >= 15 is 0 Å². The quantitative estimate of drug-likeness (QED) is 0.747. The van der Waals surface area contributed by atoms with Gasteiger partial charge in [0, 0.05) is 17.6 Å². The minimum Gasteiger partial charge on any atom is -0.465 e. The van der Waals surface area contributed by atoms with Gasteiger partial charge in [0.05, 0.1) is 18.3 Å². The Morgan fingerprint density at radius 3 is 2.55 bits per heavy atom. The molecule has 0 spiro atoms. The predicted octanol–water partition coefficient (Wildman–Crippen LogP) is 2.88. The second-order valence-corrected chi connectivity index (χ2v) is 5.69. The van der Waals surface area contributed by atoms with Crippen molar-refractivity contribution in [3.63, 3.8) is 0 Å². The Labute approximate surface area is 128 Å². The van der Waals surface area contributed by atoms with Crippen LogP contribution in [0.15, 0.2) is 22.7 Å². The van der Waals surface area contributed by atoms with Crippen molar-refractivity contribution in [1.29, 1.82) is 0 Å².